The Balaban J connectivity index is 1.87. The second-order valence-corrected chi connectivity index (χ2v) is 4.15. The van der Waals surface area contributed by atoms with E-state index in [9.17, 15) is 4.79 Å². The average Bonchev–Trinajstić information content (AvgIpc) is 2.53. The van der Waals surface area contributed by atoms with Crippen LogP contribution in [0.2, 0.25) is 0 Å². The molecule has 2 aromatic carbocycles. The molecule has 2 rings (SSSR count). The number of hydrogen-bond acceptors (Lipinski definition) is 3. The van der Waals surface area contributed by atoms with Crippen molar-refractivity contribution in [2.24, 2.45) is 5.11 Å². The van der Waals surface area contributed by atoms with Crippen LogP contribution in [0.25, 0.3) is 16.5 Å². The molecule has 0 aliphatic carbocycles. The van der Waals surface area contributed by atoms with Crippen LogP contribution in [0.4, 0.5) is 5.69 Å². The Morgan fingerprint density at radius 1 is 1.14 bits per heavy atom. The van der Waals surface area contributed by atoms with Gasteiger partial charge in [-0.2, -0.15) is 0 Å². The van der Waals surface area contributed by atoms with Gasteiger partial charge in [-0.15, -0.1) is 0 Å². The Morgan fingerprint density at radius 2 is 1.86 bits per heavy atom. The molecule has 0 amide bonds. The highest BCUT2D eigenvalue weighted by molar-refractivity contribution is 5.89. The number of carbonyl (C=O) groups is 1. The summed E-state index contributed by atoms with van der Waals surface area (Å²) in [7, 11) is 0. The second kappa shape index (κ2) is 7.53. The summed E-state index contributed by atoms with van der Waals surface area (Å²) in [6.07, 6.45) is 3.67. The van der Waals surface area contributed by atoms with E-state index in [-0.39, 0.29) is 6.61 Å². The fourth-order valence-electron chi connectivity index (χ4n) is 1.67. The quantitative estimate of drug-likeness (QED) is 0.350. The Hall–Kier alpha value is -3.04. The minimum Gasteiger partial charge on any atom is -0.458 e. The maximum atomic E-state index is 11.8. The summed E-state index contributed by atoms with van der Waals surface area (Å²) in [4.78, 5) is 14.4. The lowest BCUT2D eigenvalue weighted by Crippen LogP contribution is -2.04. The van der Waals surface area contributed by atoms with E-state index in [1.54, 1.807) is 30.3 Å². The first-order valence-electron chi connectivity index (χ1n) is 6.33. The van der Waals surface area contributed by atoms with Gasteiger partial charge in [0, 0.05) is 10.6 Å². The Morgan fingerprint density at radius 3 is 2.52 bits per heavy atom. The van der Waals surface area contributed by atoms with Crippen LogP contribution in [-0.4, -0.2) is 12.6 Å². The van der Waals surface area contributed by atoms with Gasteiger partial charge in [-0.05, 0) is 29.3 Å². The van der Waals surface area contributed by atoms with Crippen LogP contribution in [0.15, 0.2) is 65.8 Å². The van der Waals surface area contributed by atoms with E-state index in [1.807, 2.05) is 36.4 Å². The fraction of sp³-hybridized carbons (Fsp3) is 0.0625. The molecular formula is C16H13N3O2. The number of hydrogen-bond donors (Lipinski definition) is 0. The van der Waals surface area contributed by atoms with Crippen molar-refractivity contribution in [3.8, 4) is 0 Å². The highest BCUT2D eigenvalue weighted by Crippen LogP contribution is 2.13. The first kappa shape index (κ1) is 14.4. The normalized spacial score (nSPS) is 10.1. The molecule has 0 unspecified atom stereocenters. The molecule has 0 aliphatic rings. The third-order valence-electron chi connectivity index (χ3n) is 2.68. The first-order valence-corrected chi connectivity index (χ1v) is 6.33. The van der Waals surface area contributed by atoms with E-state index in [1.165, 1.54) is 0 Å². The molecule has 5 nitrogen and oxygen atoms in total. The number of nitrogens with zero attached hydrogens (tertiary/aromatic N) is 3. The van der Waals surface area contributed by atoms with Crippen LogP contribution >= 0.6 is 0 Å². The molecule has 0 aromatic heterocycles. The molecule has 0 saturated carbocycles. The van der Waals surface area contributed by atoms with Gasteiger partial charge in [0.25, 0.3) is 0 Å². The Bertz CT molecular complexity index is 672. The van der Waals surface area contributed by atoms with Crippen LogP contribution in [0.5, 0.6) is 0 Å². The molecule has 0 aliphatic heterocycles. The number of benzene rings is 2. The highest BCUT2D eigenvalue weighted by Gasteiger charge is 2.05. The summed E-state index contributed by atoms with van der Waals surface area (Å²) in [6, 6.07) is 16.0. The Labute approximate surface area is 122 Å². The summed E-state index contributed by atoms with van der Waals surface area (Å²) in [5, 5.41) is 3.43. The minimum atomic E-state index is -0.416. The van der Waals surface area contributed by atoms with Crippen LogP contribution in [0.1, 0.15) is 15.9 Å². The summed E-state index contributed by atoms with van der Waals surface area (Å²) in [6.45, 7) is 0.200. The van der Waals surface area contributed by atoms with Crippen LogP contribution in [0.3, 0.4) is 0 Å². The van der Waals surface area contributed by atoms with E-state index >= 15 is 0 Å². The van der Waals surface area contributed by atoms with Crippen molar-refractivity contribution in [3.63, 3.8) is 0 Å². The van der Waals surface area contributed by atoms with E-state index in [0.717, 1.165) is 5.56 Å². The Kier molecular flexibility index (Phi) is 5.15. The molecule has 0 spiro atoms. The van der Waals surface area contributed by atoms with Gasteiger partial charge in [0.05, 0.1) is 5.56 Å². The van der Waals surface area contributed by atoms with Crippen molar-refractivity contribution >= 4 is 17.7 Å². The van der Waals surface area contributed by atoms with Gasteiger partial charge in [0.2, 0.25) is 0 Å². The largest absolute Gasteiger partial charge is 0.458 e. The number of azide groups is 1. The van der Waals surface area contributed by atoms with E-state index in [0.29, 0.717) is 11.3 Å². The number of carbonyl (C=O) groups excluding carboxylic acids is 1. The fourth-order valence-corrected chi connectivity index (χ4v) is 1.67. The van der Waals surface area contributed by atoms with Gasteiger partial charge in [0.1, 0.15) is 6.61 Å². The molecule has 0 heterocycles. The van der Waals surface area contributed by atoms with Gasteiger partial charge in [-0.1, -0.05) is 53.7 Å². The second-order valence-electron chi connectivity index (χ2n) is 4.15. The van der Waals surface area contributed by atoms with Gasteiger partial charge in [0.15, 0.2) is 0 Å². The third-order valence-corrected chi connectivity index (χ3v) is 2.68. The average molecular weight is 279 g/mol. The van der Waals surface area contributed by atoms with Gasteiger partial charge in [-0.25, -0.2) is 4.79 Å². The minimum absolute atomic E-state index is 0.200. The number of ether oxygens (including phenoxy) is 1. The van der Waals surface area contributed by atoms with Gasteiger partial charge < -0.3 is 4.74 Å². The third kappa shape index (κ3) is 4.53. The van der Waals surface area contributed by atoms with Gasteiger partial charge in [-0.3, -0.25) is 0 Å². The van der Waals surface area contributed by atoms with Crippen molar-refractivity contribution in [2.75, 3.05) is 6.61 Å². The molecule has 21 heavy (non-hydrogen) atoms. The lowest BCUT2D eigenvalue weighted by molar-refractivity contribution is 0.0550. The number of esters is 1. The topological polar surface area (TPSA) is 75.1 Å². The molecular weight excluding hydrogens is 266 g/mol. The van der Waals surface area contributed by atoms with E-state index in [4.69, 9.17) is 10.3 Å². The monoisotopic (exact) mass is 279 g/mol. The summed E-state index contributed by atoms with van der Waals surface area (Å²) < 4.78 is 5.12. The molecule has 2 aromatic rings. The van der Waals surface area contributed by atoms with Crippen molar-refractivity contribution in [1.82, 2.24) is 0 Å². The molecule has 0 radical (unpaired) electrons. The number of rotatable bonds is 5. The zero-order valence-corrected chi connectivity index (χ0v) is 11.2. The molecule has 5 heteroatoms. The standard InChI is InChI=1S/C16H13N3O2/c17-19-18-15-10-8-14(9-11-15)16(20)21-12-4-7-13-5-2-1-3-6-13/h1-11H,12H2. The smallest absolute Gasteiger partial charge is 0.338 e. The lowest BCUT2D eigenvalue weighted by atomic mass is 10.2. The molecule has 0 atom stereocenters. The lowest BCUT2D eigenvalue weighted by Gasteiger charge is -2.02. The maximum absolute atomic E-state index is 11.8. The molecule has 104 valence electrons. The van der Waals surface area contributed by atoms with E-state index in [2.05, 4.69) is 10.0 Å². The van der Waals surface area contributed by atoms with Crippen molar-refractivity contribution < 1.29 is 9.53 Å². The summed E-state index contributed by atoms with van der Waals surface area (Å²) >= 11 is 0. The van der Waals surface area contributed by atoms with E-state index < -0.39 is 5.97 Å². The predicted molar refractivity (Wildman–Crippen MR) is 81.0 cm³/mol. The van der Waals surface area contributed by atoms with Crippen LogP contribution in [0, 0.1) is 0 Å². The maximum Gasteiger partial charge on any atom is 0.338 e. The molecule has 0 saturated heterocycles. The van der Waals surface area contributed by atoms with Crippen molar-refractivity contribution in [3.05, 3.63) is 82.2 Å². The molecule has 0 bridgehead atoms. The van der Waals surface area contributed by atoms with Gasteiger partial charge >= 0.3 is 5.97 Å². The van der Waals surface area contributed by atoms with Crippen molar-refractivity contribution in [1.29, 1.82) is 0 Å². The van der Waals surface area contributed by atoms with Crippen LogP contribution < -0.4 is 0 Å². The zero-order valence-electron chi connectivity index (χ0n) is 11.2. The predicted octanol–water partition coefficient (Wildman–Crippen LogP) is 4.50. The SMILES string of the molecule is [N-]=[N+]=Nc1ccc(C(=O)OCC=Cc2ccccc2)cc1. The molecule has 0 N–H and O–H groups in total. The highest BCUT2D eigenvalue weighted by atomic mass is 16.5. The van der Waals surface area contributed by atoms with Crippen molar-refractivity contribution in [2.45, 2.75) is 0 Å². The summed E-state index contributed by atoms with van der Waals surface area (Å²) in [5.41, 5.74) is 10.2. The zero-order chi connectivity index (χ0) is 14.9. The first-order chi connectivity index (χ1) is 10.3. The van der Waals surface area contributed by atoms with Crippen LogP contribution in [-0.2, 0) is 4.74 Å². The molecule has 0 fully saturated rings. The summed E-state index contributed by atoms with van der Waals surface area (Å²) in [5.74, 6) is -0.416.